The van der Waals surface area contributed by atoms with Crippen molar-refractivity contribution < 1.29 is 9.84 Å². The minimum Gasteiger partial charge on any atom is -0.495 e. The number of methoxy groups -OCH3 is 1. The summed E-state index contributed by atoms with van der Waals surface area (Å²) in [5.41, 5.74) is 4.86. The fourth-order valence-corrected chi connectivity index (χ4v) is 3.63. The van der Waals surface area contributed by atoms with Gasteiger partial charge in [-0.3, -0.25) is 4.99 Å². The van der Waals surface area contributed by atoms with E-state index in [4.69, 9.17) is 4.74 Å². The minimum atomic E-state index is -0.00518. The number of aliphatic imine (C=N–C) groups is 1. The topological polar surface area (TPSA) is 66.7 Å². The molecule has 3 aromatic rings. The summed E-state index contributed by atoms with van der Waals surface area (Å²) in [6.45, 7) is 2.01. The maximum absolute atomic E-state index is 10.2. The Morgan fingerprint density at radius 1 is 1.19 bits per heavy atom. The summed E-state index contributed by atoms with van der Waals surface area (Å²) in [4.78, 5) is 9.30. The van der Waals surface area contributed by atoms with Crippen molar-refractivity contribution in [2.45, 2.75) is 6.92 Å². The monoisotopic (exact) mass is 363 g/mol. The molecule has 6 heteroatoms. The number of ether oxygens (including phenoxy) is 1. The molecule has 4 rings (SSSR count). The molecule has 0 saturated heterocycles. The van der Waals surface area contributed by atoms with Crippen LogP contribution in [-0.4, -0.2) is 23.4 Å². The SMILES string of the molecule is COc1ccc(C)cc1Nc1nc(O)c(C=C2C=Nc3ccccc32)s1. The van der Waals surface area contributed by atoms with E-state index in [2.05, 4.69) is 15.3 Å². The summed E-state index contributed by atoms with van der Waals surface area (Å²) in [5, 5.41) is 14.1. The van der Waals surface area contributed by atoms with Crippen molar-refractivity contribution in [3.8, 4) is 11.6 Å². The first-order valence-corrected chi connectivity index (χ1v) is 8.92. The second-order valence-electron chi connectivity index (χ2n) is 5.91. The van der Waals surface area contributed by atoms with Crippen LogP contribution in [0.2, 0.25) is 0 Å². The van der Waals surface area contributed by atoms with Crippen LogP contribution in [0, 0.1) is 6.92 Å². The number of para-hydroxylation sites is 1. The highest BCUT2D eigenvalue weighted by Crippen LogP contribution is 2.38. The van der Waals surface area contributed by atoms with Crippen LogP contribution in [-0.2, 0) is 0 Å². The zero-order valence-corrected chi connectivity index (χ0v) is 15.2. The van der Waals surface area contributed by atoms with Crippen LogP contribution >= 0.6 is 11.3 Å². The van der Waals surface area contributed by atoms with E-state index < -0.39 is 0 Å². The lowest BCUT2D eigenvalue weighted by Gasteiger charge is -2.09. The van der Waals surface area contributed by atoms with Crippen molar-refractivity contribution in [1.82, 2.24) is 4.98 Å². The first-order valence-electron chi connectivity index (χ1n) is 8.10. The van der Waals surface area contributed by atoms with Crippen molar-refractivity contribution in [3.05, 3.63) is 58.5 Å². The van der Waals surface area contributed by atoms with Gasteiger partial charge < -0.3 is 15.2 Å². The van der Waals surface area contributed by atoms with Gasteiger partial charge in [0.15, 0.2) is 5.13 Å². The number of aryl methyl sites for hydroxylation is 1. The first-order chi connectivity index (χ1) is 12.6. The number of hydrogen-bond donors (Lipinski definition) is 2. The molecule has 0 radical (unpaired) electrons. The van der Waals surface area contributed by atoms with Gasteiger partial charge in [0, 0.05) is 17.4 Å². The third kappa shape index (κ3) is 3.07. The number of nitrogens with one attached hydrogen (secondary N) is 1. The highest BCUT2D eigenvalue weighted by Gasteiger charge is 2.15. The van der Waals surface area contributed by atoms with Gasteiger partial charge in [-0.05, 0) is 36.8 Å². The molecule has 1 aliphatic rings. The molecule has 0 fully saturated rings. The Labute approximate surface area is 155 Å². The van der Waals surface area contributed by atoms with Gasteiger partial charge in [0.05, 0.1) is 23.4 Å². The zero-order chi connectivity index (χ0) is 18.1. The van der Waals surface area contributed by atoms with Gasteiger partial charge >= 0.3 is 0 Å². The molecule has 130 valence electrons. The molecule has 1 aromatic heterocycles. The Hall–Kier alpha value is -3.12. The van der Waals surface area contributed by atoms with Gasteiger partial charge in [-0.1, -0.05) is 35.6 Å². The Morgan fingerprint density at radius 3 is 2.88 bits per heavy atom. The molecular weight excluding hydrogens is 346 g/mol. The first kappa shape index (κ1) is 16.4. The van der Waals surface area contributed by atoms with E-state index in [0.29, 0.717) is 10.0 Å². The van der Waals surface area contributed by atoms with Crippen molar-refractivity contribution >= 4 is 45.7 Å². The number of hydrogen-bond acceptors (Lipinski definition) is 6. The molecule has 5 nitrogen and oxygen atoms in total. The van der Waals surface area contributed by atoms with Gasteiger partial charge in [-0.25, -0.2) is 0 Å². The average Bonchev–Trinajstić information content (AvgIpc) is 3.19. The summed E-state index contributed by atoms with van der Waals surface area (Å²) in [6, 6.07) is 13.8. The van der Waals surface area contributed by atoms with Crippen LogP contribution in [0.15, 0.2) is 47.5 Å². The average molecular weight is 363 g/mol. The van der Waals surface area contributed by atoms with Gasteiger partial charge in [0.1, 0.15) is 5.75 Å². The van der Waals surface area contributed by atoms with E-state index in [-0.39, 0.29) is 5.88 Å². The number of thiazole rings is 1. The zero-order valence-electron chi connectivity index (χ0n) is 14.4. The van der Waals surface area contributed by atoms with E-state index in [1.165, 1.54) is 11.3 Å². The Kier molecular flexibility index (Phi) is 4.18. The fraction of sp³-hybridized carbons (Fsp3) is 0.100. The maximum Gasteiger partial charge on any atom is 0.231 e. The summed E-state index contributed by atoms with van der Waals surface area (Å²) in [5.74, 6) is 0.719. The van der Waals surface area contributed by atoms with Crippen LogP contribution in [0.3, 0.4) is 0 Å². The van der Waals surface area contributed by atoms with Crippen molar-refractivity contribution in [2.24, 2.45) is 4.99 Å². The Balaban J connectivity index is 1.64. The Morgan fingerprint density at radius 2 is 2.04 bits per heavy atom. The highest BCUT2D eigenvalue weighted by atomic mass is 32.1. The van der Waals surface area contributed by atoms with Gasteiger partial charge in [-0.2, -0.15) is 4.98 Å². The highest BCUT2D eigenvalue weighted by molar-refractivity contribution is 7.16. The number of allylic oxidation sites excluding steroid dienone is 1. The summed E-state index contributed by atoms with van der Waals surface area (Å²) < 4.78 is 5.38. The van der Waals surface area contributed by atoms with Crippen LogP contribution in [0.5, 0.6) is 11.6 Å². The van der Waals surface area contributed by atoms with Gasteiger partial charge in [0.25, 0.3) is 0 Å². The minimum absolute atomic E-state index is 0.00518. The molecule has 0 aliphatic carbocycles. The van der Waals surface area contributed by atoms with E-state index >= 15 is 0 Å². The molecule has 2 aromatic carbocycles. The quantitative estimate of drug-likeness (QED) is 0.671. The van der Waals surface area contributed by atoms with E-state index in [9.17, 15) is 5.11 Å². The van der Waals surface area contributed by atoms with E-state index in [0.717, 1.165) is 33.8 Å². The van der Waals surface area contributed by atoms with Crippen LogP contribution in [0.1, 0.15) is 16.0 Å². The van der Waals surface area contributed by atoms with Crippen LogP contribution in [0.4, 0.5) is 16.5 Å². The summed E-state index contributed by atoms with van der Waals surface area (Å²) in [6.07, 6.45) is 3.71. The van der Waals surface area contributed by atoms with Crippen LogP contribution in [0.25, 0.3) is 11.6 Å². The van der Waals surface area contributed by atoms with Gasteiger partial charge in [-0.15, -0.1) is 0 Å². The molecule has 2 N–H and O–H groups in total. The molecule has 0 unspecified atom stereocenters. The summed E-state index contributed by atoms with van der Waals surface area (Å²) >= 11 is 1.38. The maximum atomic E-state index is 10.2. The van der Waals surface area contributed by atoms with E-state index in [1.807, 2.05) is 55.5 Å². The second-order valence-corrected chi connectivity index (χ2v) is 6.94. The van der Waals surface area contributed by atoms with Crippen molar-refractivity contribution in [2.75, 3.05) is 12.4 Å². The second kappa shape index (κ2) is 6.65. The normalized spacial score (nSPS) is 13.8. The lowest BCUT2D eigenvalue weighted by Crippen LogP contribution is -1.94. The number of benzene rings is 2. The lowest BCUT2D eigenvalue weighted by molar-refractivity contribution is 0.416. The number of anilines is 2. The lowest BCUT2D eigenvalue weighted by atomic mass is 10.1. The Bertz CT molecular complexity index is 1040. The fourth-order valence-electron chi connectivity index (χ4n) is 2.80. The molecule has 26 heavy (non-hydrogen) atoms. The van der Waals surface area contributed by atoms with Gasteiger partial charge in [0.2, 0.25) is 5.88 Å². The van der Waals surface area contributed by atoms with Crippen molar-refractivity contribution in [3.63, 3.8) is 0 Å². The number of fused-ring (bicyclic) bond motifs is 1. The molecule has 0 atom stereocenters. The van der Waals surface area contributed by atoms with Crippen LogP contribution < -0.4 is 10.1 Å². The number of aromatic nitrogens is 1. The smallest absolute Gasteiger partial charge is 0.231 e. The van der Waals surface area contributed by atoms with Crippen molar-refractivity contribution in [1.29, 1.82) is 0 Å². The van der Waals surface area contributed by atoms with E-state index in [1.54, 1.807) is 13.3 Å². The number of nitrogens with zero attached hydrogens (tertiary/aromatic N) is 2. The predicted molar refractivity (Wildman–Crippen MR) is 107 cm³/mol. The number of rotatable bonds is 4. The molecule has 1 aliphatic heterocycles. The summed E-state index contributed by atoms with van der Waals surface area (Å²) in [7, 11) is 1.63. The number of aromatic hydroxyl groups is 1. The molecule has 2 heterocycles. The molecule has 0 bridgehead atoms. The molecule has 0 saturated carbocycles. The third-order valence-electron chi connectivity index (χ3n) is 4.08. The largest absolute Gasteiger partial charge is 0.495 e. The molecule has 0 spiro atoms. The predicted octanol–water partition coefficient (Wildman–Crippen LogP) is 5.17. The molecule has 0 amide bonds. The third-order valence-corrected chi connectivity index (χ3v) is 4.98. The molecular formula is C20H17N3O2S. The standard InChI is InChI=1S/C20H17N3O2S/c1-12-7-8-17(25-2)16(9-12)22-20-23-19(24)18(26-20)10-13-11-21-15-6-4-3-5-14(13)15/h3-11,24H,1-2H3,(H,22,23).